The van der Waals surface area contributed by atoms with Crippen LogP contribution in [0.1, 0.15) is 135 Å². The molecule has 0 atom stereocenters. The van der Waals surface area contributed by atoms with Gasteiger partial charge < -0.3 is 10.4 Å². The van der Waals surface area contributed by atoms with Crippen LogP contribution in [0.15, 0.2) is 0 Å². The Morgan fingerprint density at radius 1 is 0.556 bits per heavy atom. The van der Waals surface area contributed by atoms with Gasteiger partial charge >= 0.3 is 5.97 Å². The van der Waals surface area contributed by atoms with Crippen LogP contribution in [0.2, 0.25) is 0 Å². The van der Waals surface area contributed by atoms with E-state index in [0.717, 1.165) is 12.8 Å². The number of unbranched alkanes of at least 4 members (excludes halogenated alkanes) is 17. The van der Waals surface area contributed by atoms with Gasteiger partial charge in [-0.15, -0.1) is 0 Å². The maximum atomic E-state index is 10.4. The summed E-state index contributed by atoms with van der Waals surface area (Å²) in [7, 11) is 0. The second kappa shape index (κ2) is 23.5. The Kier molecular flexibility index (Phi) is 23.0. The van der Waals surface area contributed by atoms with E-state index in [9.17, 15) is 4.79 Å². The Morgan fingerprint density at radius 2 is 0.889 bits per heavy atom. The second-order valence-electron chi connectivity index (χ2n) is 8.26. The molecule has 0 unspecified atom stereocenters. The Balaban J connectivity index is 2.98. The van der Waals surface area contributed by atoms with Crippen LogP contribution in [0.3, 0.4) is 0 Å². The first-order valence-electron chi connectivity index (χ1n) is 12.2. The normalized spacial score (nSPS) is 11.1. The van der Waals surface area contributed by atoms with Crippen molar-refractivity contribution in [2.24, 2.45) is 0 Å². The SMILES string of the molecule is CCCNCCCCCCCCCCCCCCCCCCCCC(=O)O. The summed E-state index contributed by atoms with van der Waals surface area (Å²) in [5.74, 6) is -0.652. The number of carboxylic acid groups (broad SMARTS) is 1. The zero-order valence-corrected chi connectivity index (χ0v) is 18.4. The third-order valence-electron chi connectivity index (χ3n) is 5.42. The molecule has 3 heteroatoms. The van der Waals surface area contributed by atoms with Gasteiger partial charge in [0.2, 0.25) is 0 Å². The van der Waals surface area contributed by atoms with Gasteiger partial charge in [0.05, 0.1) is 0 Å². The third kappa shape index (κ3) is 25.4. The Hall–Kier alpha value is -0.570. The number of hydrogen-bond acceptors (Lipinski definition) is 2. The van der Waals surface area contributed by atoms with Gasteiger partial charge in [0, 0.05) is 6.42 Å². The van der Waals surface area contributed by atoms with Crippen molar-refractivity contribution in [2.75, 3.05) is 13.1 Å². The fourth-order valence-electron chi connectivity index (χ4n) is 3.66. The molecule has 0 aliphatic rings. The molecule has 0 rings (SSSR count). The Morgan fingerprint density at radius 3 is 1.22 bits per heavy atom. The fraction of sp³-hybridized carbons (Fsp3) is 0.958. The predicted molar refractivity (Wildman–Crippen MR) is 119 cm³/mol. The quantitative estimate of drug-likeness (QED) is 0.180. The first-order chi connectivity index (χ1) is 13.3. The van der Waals surface area contributed by atoms with E-state index >= 15 is 0 Å². The lowest BCUT2D eigenvalue weighted by molar-refractivity contribution is -0.137. The second-order valence-corrected chi connectivity index (χ2v) is 8.26. The van der Waals surface area contributed by atoms with Gasteiger partial charge in [-0.05, 0) is 32.4 Å². The number of nitrogens with one attached hydrogen (secondary N) is 1. The predicted octanol–water partition coefficient (Wildman–Crippen LogP) is 7.48. The maximum absolute atomic E-state index is 10.4. The largest absolute Gasteiger partial charge is 0.481 e. The molecule has 0 saturated heterocycles. The minimum absolute atomic E-state index is 0.344. The first kappa shape index (κ1) is 26.4. The average Bonchev–Trinajstić information content (AvgIpc) is 2.65. The summed E-state index contributed by atoms with van der Waals surface area (Å²) in [5.41, 5.74) is 0. The van der Waals surface area contributed by atoms with Crippen LogP contribution in [0, 0.1) is 0 Å². The number of carbonyl (C=O) groups is 1. The highest BCUT2D eigenvalue weighted by molar-refractivity contribution is 5.66. The van der Waals surface area contributed by atoms with Crippen molar-refractivity contribution in [1.29, 1.82) is 0 Å². The zero-order valence-electron chi connectivity index (χ0n) is 18.4. The minimum atomic E-state index is -0.652. The summed E-state index contributed by atoms with van der Waals surface area (Å²) >= 11 is 0. The zero-order chi connectivity index (χ0) is 19.8. The van der Waals surface area contributed by atoms with E-state index in [0.29, 0.717) is 6.42 Å². The molecule has 0 aromatic carbocycles. The fourth-order valence-corrected chi connectivity index (χ4v) is 3.66. The van der Waals surface area contributed by atoms with Crippen molar-refractivity contribution in [3.05, 3.63) is 0 Å². The highest BCUT2D eigenvalue weighted by Crippen LogP contribution is 2.14. The molecule has 0 aliphatic carbocycles. The molecule has 3 nitrogen and oxygen atoms in total. The van der Waals surface area contributed by atoms with E-state index in [1.165, 1.54) is 122 Å². The summed E-state index contributed by atoms with van der Waals surface area (Å²) < 4.78 is 0. The number of hydrogen-bond donors (Lipinski definition) is 2. The van der Waals surface area contributed by atoms with Crippen LogP contribution < -0.4 is 5.32 Å². The molecule has 162 valence electrons. The monoisotopic (exact) mass is 383 g/mol. The molecule has 0 amide bonds. The molecule has 0 radical (unpaired) electrons. The Bertz CT molecular complexity index is 294. The summed E-state index contributed by atoms with van der Waals surface area (Å²) in [4.78, 5) is 10.4. The molecule has 0 saturated carbocycles. The first-order valence-corrected chi connectivity index (χ1v) is 12.2. The highest BCUT2D eigenvalue weighted by Gasteiger charge is 1.97. The van der Waals surface area contributed by atoms with Crippen LogP contribution in [0.5, 0.6) is 0 Å². The molecule has 0 bridgehead atoms. The van der Waals surface area contributed by atoms with Gasteiger partial charge in [-0.3, -0.25) is 4.79 Å². The summed E-state index contributed by atoms with van der Waals surface area (Å²) in [6.07, 6.45) is 25.7. The van der Waals surface area contributed by atoms with Crippen molar-refractivity contribution in [3.8, 4) is 0 Å². The van der Waals surface area contributed by atoms with Gasteiger partial charge in [0.25, 0.3) is 0 Å². The summed E-state index contributed by atoms with van der Waals surface area (Å²) in [6.45, 7) is 4.61. The third-order valence-corrected chi connectivity index (χ3v) is 5.42. The van der Waals surface area contributed by atoms with Gasteiger partial charge in [-0.1, -0.05) is 110 Å². The van der Waals surface area contributed by atoms with E-state index < -0.39 is 5.97 Å². The van der Waals surface area contributed by atoms with E-state index in [1.54, 1.807) is 0 Å². The molecule has 0 heterocycles. The van der Waals surface area contributed by atoms with Crippen molar-refractivity contribution in [1.82, 2.24) is 5.32 Å². The lowest BCUT2D eigenvalue weighted by Crippen LogP contribution is -2.15. The van der Waals surface area contributed by atoms with E-state index in [2.05, 4.69) is 12.2 Å². The smallest absolute Gasteiger partial charge is 0.303 e. The van der Waals surface area contributed by atoms with E-state index in [1.807, 2.05) is 0 Å². The van der Waals surface area contributed by atoms with Crippen molar-refractivity contribution < 1.29 is 9.90 Å². The van der Waals surface area contributed by atoms with Gasteiger partial charge in [0.1, 0.15) is 0 Å². The van der Waals surface area contributed by atoms with Gasteiger partial charge in [-0.25, -0.2) is 0 Å². The van der Waals surface area contributed by atoms with Crippen LogP contribution in [-0.4, -0.2) is 24.2 Å². The lowest BCUT2D eigenvalue weighted by Gasteiger charge is -2.04. The van der Waals surface area contributed by atoms with Crippen molar-refractivity contribution in [2.45, 2.75) is 135 Å². The minimum Gasteiger partial charge on any atom is -0.481 e. The molecule has 0 fully saturated rings. The maximum Gasteiger partial charge on any atom is 0.303 e. The molecular weight excluding hydrogens is 334 g/mol. The topological polar surface area (TPSA) is 49.3 Å². The average molecular weight is 384 g/mol. The standard InChI is InChI=1S/C24H49NO2/c1-2-22-25-23-20-18-16-14-12-10-8-6-4-3-5-7-9-11-13-15-17-19-21-24(26)27/h25H,2-23H2,1H3,(H,26,27). The number of rotatable bonds is 23. The van der Waals surface area contributed by atoms with Crippen LogP contribution in [-0.2, 0) is 4.79 Å². The molecule has 27 heavy (non-hydrogen) atoms. The molecule has 2 N–H and O–H groups in total. The molecule has 0 aliphatic heterocycles. The molecule has 0 aromatic rings. The molecule has 0 aromatic heterocycles. The summed E-state index contributed by atoms with van der Waals surface area (Å²) in [6, 6.07) is 0. The van der Waals surface area contributed by atoms with Gasteiger partial charge in [-0.2, -0.15) is 0 Å². The van der Waals surface area contributed by atoms with Crippen LogP contribution in [0.25, 0.3) is 0 Å². The number of aliphatic carboxylic acids is 1. The summed E-state index contributed by atoms with van der Waals surface area (Å²) in [5, 5.41) is 12.1. The highest BCUT2D eigenvalue weighted by atomic mass is 16.4. The Labute approximate surface area is 170 Å². The van der Waals surface area contributed by atoms with Gasteiger partial charge in [0.15, 0.2) is 0 Å². The number of carboxylic acids is 1. The lowest BCUT2D eigenvalue weighted by atomic mass is 10.0. The molecular formula is C24H49NO2. The van der Waals surface area contributed by atoms with Crippen molar-refractivity contribution >= 4 is 5.97 Å². The van der Waals surface area contributed by atoms with E-state index in [4.69, 9.17) is 5.11 Å². The van der Waals surface area contributed by atoms with Crippen LogP contribution in [0.4, 0.5) is 0 Å². The van der Waals surface area contributed by atoms with E-state index in [-0.39, 0.29) is 0 Å². The van der Waals surface area contributed by atoms with Crippen LogP contribution >= 0.6 is 0 Å². The van der Waals surface area contributed by atoms with Crippen molar-refractivity contribution in [3.63, 3.8) is 0 Å². The molecule has 0 spiro atoms.